The Morgan fingerprint density at radius 2 is 1.88 bits per heavy atom. The number of carbonyl (C=O) groups excluding carboxylic acids is 1. The Kier molecular flexibility index (Phi) is 5.48. The fourth-order valence-corrected chi connectivity index (χ4v) is 3.19. The van der Waals surface area contributed by atoms with E-state index in [-0.39, 0.29) is 21.6 Å². The van der Waals surface area contributed by atoms with Crippen LogP contribution in [0.1, 0.15) is 21.7 Å². The summed E-state index contributed by atoms with van der Waals surface area (Å²) in [6, 6.07) is 5.19. The van der Waals surface area contributed by atoms with Crippen molar-refractivity contribution in [2.75, 3.05) is 5.32 Å². The first-order chi connectivity index (χ1) is 12.3. The summed E-state index contributed by atoms with van der Waals surface area (Å²) < 4.78 is 3.10. The van der Waals surface area contributed by atoms with Crippen molar-refractivity contribution in [3.63, 3.8) is 0 Å². The highest BCUT2D eigenvalue weighted by atomic mass is 35.5. The van der Waals surface area contributed by atoms with E-state index < -0.39 is 5.91 Å². The Morgan fingerprint density at radius 3 is 2.50 bits per heavy atom. The third-order valence-corrected chi connectivity index (χ3v) is 5.09. The monoisotopic (exact) mass is 431 g/mol. The molecule has 0 atom stereocenters. The zero-order valence-electron chi connectivity index (χ0n) is 13.7. The van der Waals surface area contributed by atoms with Crippen molar-refractivity contribution in [3.8, 4) is 0 Å². The van der Waals surface area contributed by atoms with E-state index in [1.54, 1.807) is 43.0 Å². The third kappa shape index (κ3) is 3.83. The number of amides is 1. The van der Waals surface area contributed by atoms with Gasteiger partial charge in [-0.3, -0.25) is 14.2 Å². The maximum absolute atomic E-state index is 12.4. The van der Waals surface area contributed by atoms with Crippen LogP contribution in [0.25, 0.3) is 0 Å². The second kappa shape index (κ2) is 7.48. The molecule has 0 bridgehead atoms. The van der Waals surface area contributed by atoms with Crippen LogP contribution in [0.2, 0.25) is 20.1 Å². The van der Waals surface area contributed by atoms with Gasteiger partial charge in [0.25, 0.3) is 5.91 Å². The predicted molar refractivity (Wildman–Crippen MR) is 104 cm³/mol. The lowest BCUT2D eigenvalue weighted by Gasteiger charge is -2.05. The zero-order valence-corrected chi connectivity index (χ0v) is 16.7. The first-order valence-corrected chi connectivity index (χ1v) is 8.94. The van der Waals surface area contributed by atoms with Crippen molar-refractivity contribution >= 4 is 58.1 Å². The minimum atomic E-state index is -0.490. The average Bonchev–Trinajstić information content (AvgIpc) is 3.04. The van der Waals surface area contributed by atoms with E-state index in [9.17, 15) is 4.79 Å². The minimum absolute atomic E-state index is 0.109. The van der Waals surface area contributed by atoms with Gasteiger partial charge in [0, 0.05) is 23.3 Å². The van der Waals surface area contributed by atoms with Crippen molar-refractivity contribution in [2.45, 2.75) is 13.5 Å². The van der Waals surface area contributed by atoms with Crippen LogP contribution in [0.15, 0.2) is 24.4 Å². The molecule has 26 heavy (non-hydrogen) atoms. The van der Waals surface area contributed by atoms with Crippen molar-refractivity contribution in [2.24, 2.45) is 7.05 Å². The molecule has 10 heteroatoms. The maximum Gasteiger partial charge on any atom is 0.278 e. The van der Waals surface area contributed by atoms with E-state index in [4.69, 9.17) is 46.4 Å². The Bertz CT molecular complexity index is 995. The molecule has 2 aromatic heterocycles. The normalized spacial score (nSPS) is 11.0. The summed E-state index contributed by atoms with van der Waals surface area (Å²) in [6.07, 6.45) is 1.59. The van der Waals surface area contributed by atoms with Gasteiger partial charge in [-0.2, -0.15) is 10.2 Å². The first kappa shape index (κ1) is 19.0. The largest absolute Gasteiger partial charge is 0.302 e. The van der Waals surface area contributed by atoms with Crippen molar-refractivity contribution in [1.82, 2.24) is 19.6 Å². The average molecular weight is 433 g/mol. The SMILES string of the molecule is Cc1c(Cl)c(C(=O)Nc2nn(Cc3ccc(Cl)cc3Cl)cc2Cl)nn1C. The molecule has 0 aliphatic carbocycles. The van der Waals surface area contributed by atoms with Gasteiger partial charge in [-0.25, -0.2) is 0 Å². The summed E-state index contributed by atoms with van der Waals surface area (Å²) in [5, 5.41) is 12.6. The fourth-order valence-electron chi connectivity index (χ4n) is 2.28. The molecular weight excluding hydrogens is 420 g/mol. The lowest BCUT2D eigenvalue weighted by atomic mass is 10.2. The van der Waals surface area contributed by atoms with Gasteiger partial charge in [-0.15, -0.1) is 0 Å². The molecule has 3 aromatic rings. The molecule has 3 rings (SSSR count). The predicted octanol–water partition coefficient (Wildman–Crippen LogP) is 4.84. The quantitative estimate of drug-likeness (QED) is 0.641. The number of anilines is 1. The number of rotatable bonds is 4. The van der Waals surface area contributed by atoms with Crippen LogP contribution in [0.3, 0.4) is 0 Å². The van der Waals surface area contributed by atoms with Gasteiger partial charge in [0.05, 0.1) is 17.3 Å². The molecule has 0 spiro atoms. The number of hydrogen-bond donors (Lipinski definition) is 1. The molecular formula is C16H13Cl4N5O. The van der Waals surface area contributed by atoms with E-state index in [0.717, 1.165) is 5.56 Å². The highest BCUT2D eigenvalue weighted by Crippen LogP contribution is 2.25. The van der Waals surface area contributed by atoms with E-state index in [1.807, 2.05) is 0 Å². The first-order valence-electron chi connectivity index (χ1n) is 7.43. The van der Waals surface area contributed by atoms with Crippen LogP contribution in [-0.4, -0.2) is 25.5 Å². The number of benzene rings is 1. The van der Waals surface area contributed by atoms with Gasteiger partial charge in [0.1, 0.15) is 5.02 Å². The molecule has 0 fully saturated rings. The summed E-state index contributed by atoms with van der Waals surface area (Å²) >= 11 is 24.4. The standard InChI is InChI=1S/C16H13Cl4N5O/c1-8-13(20)14(22-24(8)2)16(26)21-15-12(19)7-25(23-15)6-9-3-4-10(17)5-11(9)18/h3-5,7H,6H2,1-2H3,(H,21,23,26). The number of nitrogens with one attached hydrogen (secondary N) is 1. The molecule has 0 saturated carbocycles. The molecule has 0 radical (unpaired) electrons. The molecule has 0 saturated heterocycles. The van der Waals surface area contributed by atoms with Gasteiger partial charge in [-0.05, 0) is 24.6 Å². The minimum Gasteiger partial charge on any atom is -0.302 e. The second-order valence-electron chi connectivity index (χ2n) is 5.58. The van der Waals surface area contributed by atoms with E-state index in [1.165, 1.54) is 4.68 Å². The van der Waals surface area contributed by atoms with Crippen molar-refractivity contribution in [3.05, 3.63) is 61.4 Å². The smallest absolute Gasteiger partial charge is 0.278 e. The van der Waals surface area contributed by atoms with Crippen molar-refractivity contribution < 1.29 is 4.79 Å². The number of aromatic nitrogens is 4. The molecule has 136 valence electrons. The molecule has 2 heterocycles. The van der Waals surface area contributed by atoms with Crippen molar-refractivity contribution in [1.29, 1.82) is 0 Å². The summed E-state index contributed by atoms with van der Waals surface area (Å²) in [7, 11) is 1.70. The topological polar surface area (TPSA) is 64.7 Å². The molecule has 1 aromatic carbocycles. The maximum atomic E-state index is 12.4. The highest BCUT2D eigenvalue weighted by molar-refractivity contribution is 6.36. The second-order valence-corrected chi connectivity index (χ2v) is 7.21. The third-order valence-electron chi connectivity index (χ3n) is 3.77. The number of carbonyl (C=O) groups is 1. The Morgan fingerprint density at radius 1 is 1.15 bits per heavy atom. The van der Waals surface area contributed by atoms with Gasteiger partial charge in [0.2, 0.25) is 0 Å². The van der Waals surface area contributed by atoms with Gasteiger partial charge >= 0.3 is 0 Å². The van der Waals surface area contributed by atoms with Gasteiger partial charge < -0.3 is 5.32 Å². The Hall–Kier alpha value is -1.73. The number of halogens is 4. The number of hydrogen-bond acceptors (Lipinski definition) is 3. The summed E-state index contributed by atoms with van der Waals surface area (Å²) in [6.45, 7) is 2.14. The molecule has 0 aliphatic rings. The van der Waals surface area contributed by atoms with Gasteiger partial charge in [-0.1, -0.05) is 52.5 Å². The van der Waals surface area contributed by atoms with Crippen LogP contribution in [0.5, 0.6) is 0 Å². The molecule has 0 aliphatic heterocycles. The fraction of sp³-hybridized carbons (Fsp3) is 0.188. The Balaban J connectivity index is 1.79. The Labute approximate surface area is 169 Å². The van der Waals surface area contributed by atoms with Gasteiger partial charge in [0.15, 0.2) is 11.5 Å². The molecule has 6 nitrogen and oxygen atoms in total. The lowest BCUT2D eigenvalue weighted by molar-refractivity contribution is 0.102. The van der Waals surface area contributed by atoms with Crippen LogP contribution < -0.4 is 5.32 Å². The molecule has 1 amide bonds. The van der Waals surface area contributed by atoms with E-state index >= 15 is 0 Å². The lowest BCUT2D eigenvalue weighted by Crippen LogP contribution is -2.14. The van der Waals surface area contributed by atoms with E-state index in [0.29, 0.717) is 22.3 Å². The van der Waals surface area contributed by atoms with Crippen LogP contribution in [-0.2, 0) is 13.6 Å². The summed E-state index contributed by atoms with van der Waals surface area (Å²) in [5.74, 6) is -0.281. The number of nitrogens with zero attached hydrogens (tertiary/aromatic N) is 4. The van der Waals surface area contributed by atoms with Crippen LogP contribution in [0, 0.1) is 6.92 Å². The highest BCUT2D eigenvalue weighted by Gasteiger charge is 2.20. The summed E-state index contributed by atoms with van der Waals surface area (Å²) in [5.41, 5.74) is 1.61. The zero-order chi connectivity index (χ0) is 19.0. The number of aryl methyl sites for hydroxylation is 1. The summed E-state index contributed by atoms with van der Waals surface area (Å²) in [4.78, 5) is 12.4. The molecule has 1 N–H and O–H groups in total. The van der Waals surface area contributed by atoms with Crippen LogP contribution >= 0.6 is 46.4 Å². The van der Waals surface area contributed by atoms with Crippen LogP contribution in [0.4, 0.5) is 5.82 Å². The van der Waals surface area contributed by atoms with E-state index in [2.05, 4.69) is 15.5 Å². The molecule has 0 unspecified atom stereocenters.